The maximum Gasteiger partial charge on any atom is 0.270 e. The molecule has 0 aliphatic rings. The number of aromatic nitrogens is 2. The van der Waals surface area contributed by atoms with Crippen molar-refractivity contribution < 1.29 is 4.79 Å². The third kappa shape index (κ3) is 2.70. The number of amides is 1. The Hall–Kier alpha value is -2.31. The van der Waals surface area contributed by atoms with Gasteiger partial charge in [-0.2, -0.15) is 0 Å². The highest BCUT2D eigenvalue weighted by Crippen LogP contribution is 2.13. The van der Waals surface area contributed by atoms with Crippen LogP contribution < -0.4 is 5.43 Å². The topological polar surface area (TPSA) is 49.8 Å². The maximum absolute atomic E-state index is 12.3. The van der Waals surface area contributed by atoms with Gasteiger partial charge in [-0.05, 0) is 43.4 Å². The van der Waals surface area contributed by atoms with E-state index in [-0.39, 0.29) is 5.91 Å². The molecule has 1 heterocycles. The lowest BCUT2D eigenvalue weighted by Gasteiger charge is -2.11. The Labute approximate surface area is 137 Å². The first-order chi connectivity index (χ1) is 10.6. The molecule has 0 unspecified atom stereocenters. The molecule has 22 heavy (non-hydrogen) atoms. The van der Waals surface area contributed by atoms with Crippen molar-refractivity contribution in [1.82, 2.24) is 9.66 Å². The fraction of sp³-hybridized carbons (Fsp3) is 0.0625. The van der Waals surface area contributed by atoms with Crippen LogP contribution in [0.25, 0.3) is 10.9 Å². The fourth-order valence-corrected chi connectivity index (χ4v) is 2.75. The van der Waals surface area contributed by atoms with Crippen molar-refractivity contribution in [2.24, 2.45) is 0 Å². The molecular formula is C16H13N3OS2. The van der Waals surface area contributed by atoms with E-state index in [4.69, 9.17) is 24.4 Å². The second-order valence-electron chi connectivity index (χ2n) is 4.92. The van der Waals surface area contributed by atoms with E-state index in [1.165, 1.54) is 4.68 Å². The summed E-state index contributed by atoms with van der Waals surface area (Å²) >= 11 is 10.7. The Morgan fingerprint density at radius 1 is 1.09 bits per heavy atom. The van der Waals surface area contributed by atoms with Crippen molar-refractivity contribution in [2.45, 2.75) is 6.92 Å². The zero-order valence-electron chi connectivity index (χ0n) is 11.8. The molecule has 0 radical (unpaired) electrons. The number of hydrogen-bond donors (Lipinski definition) is 2. The molecule has 2 aromatic carbocycles. The number of nitrogens with zero attached hydrogens (tertiary/aromatic N) is 1. The van der Waals surface area contributed by atoms with Crippen molar-refractivity contribution in [3.05, 3.63) is 69.1 Å². The molecule has 0 atom stereocenters. The van der Waals surface area contributed by atoms with Crippen LogP contribution in [0.5, 0.6) is 0 Å². The Balaban J connectivity index is 2.04. The number of nitrogens with one attached hydrogen (secondary N) is 2. The normalized spacial score (nSPS) is 10.6. The SMILES string of the molecule is Cc1ccc(C(=O)Nn2c(=S)[nH]c3ccccc3c2=S)cc1. The zero-order chi connectivity index (χ0) is 15.7. The Kier molecular flexibility index (Phi) is 3.87. The summed E-state index contributed by atoms with van der Waals surface area (Å²) in [6.45, 7) is 1.97. The molecule has 2 N–H and O–H groups in total. The number of carbonyl (C=O) groups is 1. The van der Waals surface area contributed by atoms with Crippen LogP contribution >= 0.6 is 24.4 Å². The summed E-state index contributed by atoms with van der Waals surface area (Å²) in [5.41, 5.74) is 5.23. The molecule has 0 spiro atoms. The molecule has 0 saturated heterocycles. The summed E-state index contributed by atoms with van der Waals surface area (Å²) in [4.78, 5) is 15.4. The molecular weight excluding hydrogens is 314 g/mol. The van der Waals surface area contributed by atoms with Gasteiger partial charge in [0.15, 0.2) is 4.77 Å². The molecule has 0 saturated carbocycles. The lowest BCUT2D eigenvalue weighted by molar-refractivity contribution is 0.101. The first-order valence-electron chi connectivity index (χ1n) is 6.68. The van der Waals surface area contributed by atoms with Gasteiger partial charge in [0.2, 0.25) is 0 Å². The van der Waals surface area contributed by atoms with Gasteiger partial charge >= 0.3 is 0 Å². The second-order valence-corrected chi connectivity index (χ2v) is 5.70. The van der Waals surface area contributed by atoms with Crippen molar-refractivity contribution in [1.29, 1.82) is 0 Å². The quantitative estimate of drug-likeness (QED) is 0.696. The second kappa shape index (κ2) is 5.82. The minimum Gasteiger partial charge on any atom is -0.330 e. The van der Waals surface area contributed by atoms with E-state index in [9.17, 15) is 4.79 Å². The van der Waals surface area contributed by atoms with Crippen LogP contribution in [0.4, 0.5) is 0 Å². The summed E-state index contributed by atoms with van der Waals surface area (Å²) in [5, 5.41) is 0.829. The number of rotatable bonds is 2. The van der Waals surface area contributed by atoms with Crippen molar-refractivity contribution in [3.63, 3.8) is 0 Å². The summed E-state index contributed by atoms with van der Waals surface area (Å²) in [5.74, 6) is -0.258. The van der Waals surface area contributed by atoms with Gasteiger partial charge in [0, 0.05) is 10.9 Å². The zero-order valence-corrected chi connectivity index (χ0v) is 13.4. The molecule has 0 aliphatic carbocycles. The van der Waals surface area contributed by atoms with Crippen LogP contribution in [0.2, 0.25) is 0 Å². The largest absolute Gasteiger partial charge is 0.330 e. The first kappa shape index (κ1) is 14.6. The number of carbonyl (C=O) groups excluding carboxylic acids is 1. The third-order valence-electron chi connectivity index (χ3n) is 3.33. The fourth-order valence-electron chi connectivity index (χ4n) is 2.13. The van der Waals surface area contributed by atoms with Gasteiger partial charge in [0.05, 0.1) is 5.52 Å². The highest BCUT2D eigenvalue weighted by molar-refractivity contribution is 7.72. The Bertz CT molecular complexity index is 971. The van der Waals surface area contributed by atoms with Crippen molar-refractivity contribution in [3.8, 4) is 0 Å². The number of hydrogen-bond acceptors (Lipinski definition) is 3. The predicted molar refractivity (Wildman–Crippen MR) is 92.8 cm³/mol. The average molecular weight is 327 g/mol. The lowest BCUT2D eigenvalue weighted by atomic mass is 10.1. The van der Waals surface area contributed by atoms with Gasteiger partial charge in [0.1, 0.15) is 4.64 Å². The predicted octanol–water partition coefficient (Wildman–Crippen LogP) is 4.12. The number of aromatic amines is 1. The molecule has 3 aromatic rings. The smallest absolute Gasteiger partial charge is 0.270 e. The van der Waals surface area contributed by atoms with E-state index < -0.39 is 0 Å². The van der Waals surface area contributed by atoms with Crippen LogP contribution in [0, 0.1) is 16.3 Å². The van der Waals surface area contributed by atoms with E-state index in [1.54, 1.807) is 12.1 Å². The number of fused-ring (bicyclic) bond motifs is 1. The number of para-hydroxylation sites is 1. The molecule has 110 valence electrons. The van der Waals surface area contributed by atoms with Gasteiger partial charge in [-0.3, -0.25) is 10.2 Å². The monoisotopic (exact) mass is 327 g/mol. The number of benzene rings is 2. The average Bonchev–Trinajstić information content (AvgIpc) is 2.52. The third-order valence-corrected chi connectivity index (χ3v) is 4.02. The molecule has 0 aliphatic heterocycles. The van der Waals surface area contributed by atoms with Crippen LogP contribution in [0.3, 0.4) is 0 Å². The van der Waals surface area contributed by atoms with E-state index in [2.05, 4.69) is 10.4 Å². The first-order valence-corrected chi connectivity index (χ1v) is 7.50. The van der Waals surface area contributed by atoms with Gasteiger partial charge in [0.25, 0.3) is 5.91 Å². The van der Waals surface area contributed by atoms with Crippen LogP contribution in [0.1, 0.15) is 15.9 Å². The summed E-state index contributed by atoms with van der Waals surface area (Å²) in [6, 6.07) is 14.9. The minimum absolute atomic E-state index is 0.258. The van der Waals surface area contributed by atoms with Gasteiger partial charge < -0.3 is 4.98 Å². The highest BCUT2D eigenvalue weighted by Gasteiger charge is 2.08. The number of aryl methyl sites for hydroxylation is 1. The standard InChI is InChI=1S/C16H13N3OS2/c1-10-6-8-11(9-7-10)14(20)18-19-15(21)12-4-2-3-5-13(12)17-16(19)22/h2-9H,1H3,(H,17,22)(H,18,20). The van der Waals surface area contributed by atoms with E-state index in [1.807, 2.05) is 43.3 Å². The van der Waals surface area contributed by atoms with Crippen LogP contribution in [-0.2, 0) is 0 Å². The molecule has 0 fully saturated rings. The summed E-state index contributed by atoms with van der Waals surface area (Å²) in [6.07, 6.45) is 0. The molecule has 0 bridgehead atoms. The molecule has 3 rings (SSSR count). The Morgan fingerprint density at radius 3 is 2.50 bits per heavy atom. The van der Waals surface area contributed by atoms with Gasteiger partial charge in [-0.15, -0.1) is 0 Å². The molecule has 1 aromatic heterocycles. The van der Waals surface area contributed by atoms with E-state index in [0.717, 1.165) is 16.5 Å². The van der Waals surface area contributed by atoms with Gasteiger partial charge in [-0.1, -0.05) is 42.0 Å². The molecule has 1 amide bonds. The van der Waals surface area contributed by atoms with Crippen LogP contribution in [0.15, 0.2) is 48.5 Å². The summed E-state index contributed by atoms with van der Waals surface area (Å²) < 4.78 is 2.25. The van der Waals surface area contributed by atoms with Crippen LogP contribution in [-0.4, -0.2) is 15.6 Å². The Morgan fingerprint density at radius 2 is 1.77 bits per heavy atom. The van der Waals surface area contributed by atoms with E-state index >= 15 is 0 Å². The summed E-state index contributed by atoms with van der Waals surface area (Å²) in [7, 11) is 0. The van der Waals surface area contributed by atoms with Crippen molar-refractivity contribution >= 4 is 41.2 Å². The lowest BCUT2D eigenvalue weighted by Crippen LogP contribution is -2.25. The minimum atomic E-state index is -0.258. The molecule has 6 heteroatoms. The van der Waals surface area contributed by atoms with Gasteiger partial charge in [-0.25, -0.2) is 4.68 Å². The highest BCUT2D eigenvalue weighted by atomic mass is 32.1. The maximum atomic E-state index is 12.3. The van der Waals surface area contributed by atoms with E-state index in [0.29, 0.717) is 15.0 Å². The number of H-pyrrole nitrogens is 1. The molecule has 4 nitrogen and oxygen atoms in total. The van der Waals surface area contributed by atoms with Crippen molar-refractivity contribution in [2.75, 3.05) is 5.43 Å².